The lowest BCUT2D eigenvalue weighted by molar-refractivity contribution is 0.0383. The van der Waals surface area contributed by atoms with Crippen molar-refractivity contribution < 1.29 is 4.74 Å². The number of nitrogens with zero attached hydrogens (tertiary/aromatic N) is 2. The van der Waals surface area contributed by atoms with E-state index in [9.17, 15) is 0 Å². The first-order valence-corrected chi connectivity index (χ1v) is 5.81. The fourth-order valence-corrected chi connectivity index (χ4v) is 1.82. The molecule has 1 N–H and O–H groups in total. The molecule has 0 amide bonds. The molecule has 0 saturated carbocycles. The van der Waals surface area contributed by atoms with Crippen molar-refractivity contribution in [1.29, 1.82) is 0 Å². The molecule has 4 heteroatoms. The summed E-state index contributed by atoms with van der Waals surface area (Å²) in [5.74, 6) is 0. The number of nitrogens with one attached hydrogen (secondary N) is 1. The van der Waals surface area contributed by atoms with Crippen LogP contribution in [0.25, 0.3) is 0 Å². The highest BCUT2D eigenvalue weighted by Crippen LogP contribution is 2.06. The molecule has 0 aromatic carbocycles. The standard InChI is InChI=1S/C12H19N3O/c1-13-12-3-2-11(14-10-12)4-5-15-6-8-16-9-7-15/h2-3,10,13H,4-9H2,1H3. The highest BCUT2D eigenvalue weighted by molar-refractivity contribution is 5.39. The topological polar surface area (TPSA) is 37.4 Å². The molecule has 2 heterocycles. The fourth-order valence-electron chi connectivity index (χ4n) is 1.82. The minimum atomic E-state index is 0.867. The first-order valence-electron chi connectivity index (χ1n) is 5.81. The molecule has 1 saturated heterocycles. The summed E-state index contributed by atoms with van der Waals surface area (Å²) in [6.45, 7) is 4.91. The molecule has 0 unspecified atom stereocenters. The van der Waals surface area contributed by atoms with Crippen LogP contribution >= 0.6 is 0 Å². The zero-order valence-corrected chi connectivity index (χ0v) is 9.78. The summed E-state index contributed by atoms with van der Waals surface area (Å²) in [4.78, 5) is 6.84. The predicted molar refractivity (Wildman–Crippen MR) is 64.7 cm³/mol. The summed E-state index contributed by atoms with van der Waals surface area (Å²) in [5, 5.41) is 3.07. The van der Waals surface area contributed by atoms with Crippen molar-refractivity contribution in [1.82, 2.24) is 9.88 Å². The molecule has 16 heavy (non-hydrogen) atoms. The lowest BCUT2D eigenvalue weighted by Gasteiger charge is -2.26. The Bertz CT molecular complexity index is 307. The molecule has 0 bridgehead atoms. The predicted octanol–water partition coefficient (Wildman–Crippen LogP) is 0.998. The second-order valence-electron chi connectivity index (χ2n) is 3.99. The third-order valence-electron chi connectivity index (χ3n) is 2.90. The van der Waals surface area contributed by atoms with E-state index in [1.165, 1.54) is 0 Å². The number of pyridine rings is 1. The summed E-state index contributed by atoms with van der Waals surface area (Å²) < 4.78 is 5.32. The quantitative estimate of drug-likeness (QED) is 0.823. The van der Waals surface area contributed by atoms with Gasteiger partial charge in [-0.2, -0.15) is 0 Å². The summed E-state index contributed by atoms with van der Waals surface area (Å²) in [6, 6.07) is 4.16. The number of anilines is 1. The molecule has 1 aromatic rings. The van der Waals surface area contributed by atoms with Gasteiger partial charge in [-0.05, 0) is 12.1 Å². The molecule has 0 aliphatic carbocycles. The Kier molecular flexibility index (Phi) is 4.13. The van der Waals surface area contributed by atoms with E-state index in [0.29, 0.717) is 0 Å². The van der Waals surface area contributed by atoms with E-state index in [1.54, 1.807) is 0 Å². The highest BCUT2D eigenvalue weighted by atomic mass is 16.5. The molecule has 1 fully saturated rings. The van der Waals surface area contributed by atoms with Crippen molar-refractivity contribution in [2.24, 2.45) is 0 Å². The van der Waals surface area contributed by atoms with Gasteiger partial charge in [0.25, 0.3) is 0 Å². The van der Waals surface area contributed by atoms with Gasteiger partial charge in [0.05, 0.1) is 25.1 Å². The maximum absolute atomic E-state index is 5.32. The van der Waals surface area contributed by atoms with Crippen molar-refractivity contribution in [3.8, 4) is 0 Å². The monoisotopic (exact) mass is 221 g/mol. The lowest BCUT2D eigenvalue weighted by Crippen LogP contribution is -2.37. The first kappa shape index (κ1) is 11.4. The van der Waals surface area contributed by atoms with Gasteiger partial charge in [0.2, 0.25) is 0 Å². The largest absolute Gasteiger partial charge is 0.387 e. The van der Waals surface area contributed by atoms with Gasteiger partial charge in [0.1, 0.15) is 0 Å². The number of rotatable bonds is 4. The lowest BCUT2D eigenvalue weighted by atomic mass is 10.2. The van der Waals surface area contributed by atoms with Crippen LogP contribution < -0.4 is 5.32 Å². The van der Waals surface area contributed by atoms with Crippen molar-refractivity contribution in [2.75, 3.05) is 45.2 Å². The van der Waals surface area contributed by atoms with Crippen LogP contribution in [0.2, 0.25) is 0 Å². The molecule has 4 nitrogen and oxygen atoms in total. The molecule has 1 aliphatic rings. The highest BCUT2D eigenvalue weighted by Gasteiger charge is 2.09. The zero-order valence-electron chi connectivity index (χ0n) is 9.78. The second kappa shape index (κ2) is 5.82. The van der Waals surface area contributed by atoms with E-state index in [2.05, 4.69) is 27.3 Å². The van der Waals surface area contributed by atoms with Crippen molar-refractivity contribution in [3.63, 3.8) is 0 Å². The SMILES string of the molecule is CNc1ccc(CCN2CCOCC2)nc1. The number of aromatic nitrogens is 1. The molecule has 0 atom stereocenters. The first-order chi connectivity index (χ1) is 7.88. The van der Waals surface area contributed by atoms with Crippen LogP contribution in [0.1, 0.15) is 5.69 Å². The summed E-state index contributed by atoms with van der Waals surface area (Å²) in [5.41, 5.74) is 2.22. The fraction of sp³-hybridized carbons (Fsp3) is 0.583. The third kappa shape index (κ3) is 3.18. The Morgan fingerprint density at radius 3 is 2.81 bits per heavy atom. The smallest absolute Gasteiger partial charge is 0.0594 e. The Morgan fingerprint density at radius 2 is 2.19 bits per heavy atom. The molecule has 0 radical (unpaired) electrons. The molecule has 1 aromatic heterocycles. The van der Waals surface area contributed by atoms with E-state index < -0.39 is 0 Å². The molecule has 88 valence electrons. The van der Waals surface area contributed by atoms with Crippen molar-refractivity contribution >= 4 is 5.69 Å². The van der Waals surface area contributed by atoms with E-state index in [4.69, 9.17) is 4.74 Å². The van der Waals surface area contributed by atoms with Gasteiger partial charge in [-0.3, -0.25) is 9.88 Å². The average molecular weight is 221 g/mol. The van der Waals surface area contributed by atoms with Crippen LogP contribution in [-0.4, -0.2) is 49.8 Å². The van der Waals surface area contributed by atoms with Crippen LogP contribution in [0.5, 0.6) is 0 Å². The van der Waals surface area contributed by atoms with Crippen LogP contribution in [-0.2, 0) is 11.2 Å². The van der Waals surface area contributed by atoms with Gasteiger partial charge in [-0.15, -0.1) is 0 Å². The van der Waals surface area contributed by atoms with Crippen molar-refractivity contribution in [2.45, 2.75) is 6.42 Å². The average Bonchev–Trinajstić information content (AvgIpc) is 2.38. The van der Waals surface area contributed by atoms with Gasteiger partial charge >= 0.3 is 0 Å². The van der Waals surface area contributed by atoms with Crippen LogP contribution in [0.15, 0.2) is 18.3 Å². The normalized spacial score (nSPS) is 17.3. The van der Waals surface area contributed by atoms with Gasteiger partial charge in [0.15, 0.2) is 0 Å². The van der Waals surface area contributed by atoms with Crippen LogP contribution in [0.3, 0.4) is 0 Å². The second-order valence-corrected chi connectivity index (χ2v) is 3.99. The van der Waals surface area contributed by atoms with Crippen LogP contribution in [0.4, 0.5) is 5.69 Å². The van der Waals surface area contributed by atoms with E-state index >= 15 is 0 Å². The Labute approximate surface area is 96.6 Å². The Balaban J connectivity index is 1.79. The summed E-state index contributed by atoms with van der Waals surface area (Å²) in [6.07, 6.45) is 2.90. The van der Waals surface area contributed by atoms with E-state index in [0.717, 1.165) is 50.7 Å². The number of ether oxygens (including phenoxy) is 1. The number of morpholine rings is 1. The molecular weight excluding hydrogens is 202 g/mol. The summed E-state index contributed by atoms with van der Waals surface area (Å²) >= 11 is 0. The van der Waals surface area contributed by atoms with E-state index in [-0.39, 0.29) is 0 Å². The van der Waals surface area contributed by atoms with Gasteiger partial charge < -0.3 is 10.1 Å². The van der Waals surface area contributed by atoms with Gasteiger partial charge in [-0.1, -0.05) is 0 Å². The van der Waals surface area contributed by atoms with Gasteiger partial charge in [-0.25, -0.2) is 0 Å². The number of hydrogen-bond donors (Lipinski definition) is 1. The number of hydrogen-bond acceptors (Lipinski definition) is 4. The molecule has 2 rings (SSSR count). The molecular formula is C12H19N3O. The van der Waals surface area contributed by atoms with Crippen molar-refractivity contribution in [3.05, 3.63) is 24.0 Å². The minimum Gasteiger partial charge on any atom is -0.387 e. The molecule has 1 aliphatic heterocycles. The van der Waals surface area contributed by atoms with E-state index in [1.807, 2.05) is 13.2 Å². The Hall–Kier alpha value is -1.13. The maximum atomic E-state index is 5.32. The molecule has 0 spiro atoms. The maximum Gasteiger partial charge on any atom is 0.0594 e. The Morgan fingerprint density at radius 1 is 1.38 bits per heavy atom. The van der Waals surface area contributed by atoms with Crippen LogP contribution in [0, 0.1) is 0 Å². The zero-order chi connectivity index (χ0) is 11.2. The third-order valence-corrected chi connectivity index (χ3v) is 2.90. The summed E-state index contributed by atoms with van der Waals surface area (Å²) in [7, 11) is 1.91. The van der Waals surface area contributed by atoms with Gasteiger partial charge in [0, 0.05) is 38.8 Å². The minimum absolute atomic E-state index is 0.867.